The van der Waals surface area contributed by atoms with Gasteiger partial charge in [0.1, 0.15) is 0 Å². The Hall–Kier alpha value is -2.61. The molecule has 0 spiro atoms. The second kappa shape index (κ2) is 7.67. The molecule has 0 aliphatic carbocycles. The maximum atomic E-state index is 13.4. The fourth-order valence-corrected chi connectivity index (χ4v) is 5.27. The molecule has 0 unspecified atom stereocenters. The third-order valence-corrected chi connectivity index (χ3v) is 6.95. The number of thiophene rings is 1. The van der Waals surface area contributed by atoms with E-state index in [9.17, 15) is 4.79 Å². The van der Waals surface area contributed by atoms with E-state index in [1.807, 2.05) is 47.2 Å². The number of thiazole rings is 1. The minimum absolute atomic E-state index is 0.107. The van der Waals surface area contributed by atoms with Crippen LogP contribution in [0.25, 0.3) is 21.5 Å². The normalized spacial score (nSPS) is 14.1. The van der Waals surface area contributed by atoms with Crippen molar-refractivity contribution < 1.29 is 4.79 Å². The van der Waals surface area contributed by atoms with Crippen molar-refractivity contribution in [2.24, 2.45) is 0 Å². The van der Waals surface area contributed by atoms with E-state index >= 15 is 0 Å². The van der Waals surface area contributed by atoms with Crippen molar-refractivity contribution in [2.75, 3.05) is 18.4 Å². The Bertz CT molecular complexity index is 1180. The molecule has 3 aromatic heterocycles. The fourth-order valence-electron chi connectivity index (χ4n) is 3.80. The zero-order chi connectivity index (χ0) is 19.8. The zero-order valence-electron chi connectivity index (χ0n) is 16.0. The number of anilines is 1. The number of benzene rings is 1. The van der Waals surface area contributed by atoms with E-state index in [2.05, 4.69) is 22.1 Å². The number of pyridine rings is 1. The molecule has 0 fully saturated rings. The third-order valence-electron chi connectivity index (χ3n) is 5.30. The van der Waals surface area contributed by atoms with Crippen molar-refractivity contribution in [3.05, 3.63) is 64.0 Å². The average molecular weight is 421 g/mol. The maximum Gasteiger partial charge on any atom is 0.258 e. The first-order chi connectivity index (χ1) is 14.2. The predicted octanol–water partition coefficient (Wildman–Crippen LogP) is 5.05. The lowest BCUT2D eigenvalue weighted by Gasteiger charge is -2.29. The summed E-state index contributed by atoms with van der Waals surface area (Å²) in [4.78, 5) is 26.3. The van der Waals surface area contributed by atoms with E-state index in [0.29, 0.717) is 5.13 Å². The summed E-state index contributed by atoms with van der Waals surface area (Å²) >= 11 is 3.10. The molecule has 1 aromatic carbocycles. The van der Waals surface area contributed by atoms with Gasteiger partial charge in [0.15, 0.2) is 5.13 Å². The number of carbonyl (C=O) groups excluding carboxylic acids is 1. The molecule has 0 bridgehead atoms. The Balaban J connectivity index is 1.54. The number of para-hydroxylation sites is 1. The summed E-state index contributed by atoms with van der Waals surface area (Å²) in [5.74, 6) is -0.107. The van der Waals surface area contributed by atoms with Gasteiger partial charge in [-0.2, -0.15) is 0 Å². The van der Waals surface area contributed by atoms with Crippen LogP contribution < -0.4 is 5.32 Å². The summed E-state index contributed by atoms with van der Waals surface area (Å²) in [6.07, 6.45) is 0.869. The largest absolute Gasteiger partial charge is 0.299 e. The Morgan fingerprint density at radius 3 is 2.90 bits per heavy atom. The lowest BCUT2D eigenvalue weighted by molar-refractivity contribution is 0.102. The predicted molar refractivity (Wildman–Crippen MR) is 120 cm³/mol. The highest BCUT2D eigenvalue weighted by Gasteiger charge is 2.25. The van der Waals surface area contributed by atoms with E-state index in [1.165, 1.54) is 11.3 Å². The topological polar surface area (TPSA) is 58.1 Å². The molecule has 0 saturated heterocycles. The smallest absolute Gasteiger partial charge is 0.258 e. The zero-order valence-corrected chi connectivity index (χ0v) is 17.6. The monoisotopic (exact) mass is 420 g/mol. The summed E-state index contributed by atoms with van der Waals surface area (Å²) in [6.45, 7) is 4.85. The molecule has 4 heterocycles. The first-order valence-corrected chi connectivity index (χ1v) is 11.4. The van der Waals surface area contributed by atoms with Crippen LogP contribution in [0, 0.1) is 0 Å². The van der Waals surface area contributed by atoms with Gasteiger partial charge in [-0.3, -0.25) is 20.0 Å². The second-order valence-corrected chi connectivity index (χ2v) is 8.82. The lowest BCUT2D eigenvalue weighted by Crippen LogP contribution is -2.33. The van der Waals surface area contributed by atoms with Crippen LogP contribution in [0.1, 0.15) is 28.5 Å². The summed E-state index contributed by atoms with van der Waals surface area (Å²) in [7, 11) is 0. The number of rotatable bonds is 4. The van der Waals surface area contributed by atoms with Gasteiger partial charge >= 0.3 is 0 Å². The van der Waals surface area contributed by atoms with Crippen molar-refractivity contribution in [2.45, 2.75) is 19.9 Å². The number of carbonyl (C=O) groups is 1. The molecule has 5 rings (SSSR count). The SMILES string of the molecule is CCN1CCc2nc3ccccc3c(C(=O)Nc3nc(-c4cccs4)cs3)c2C1. The van der Waals surface area contributed by atoms with E-state index in [0.717, 1.165) is 64.3 Å². The lowest BCUT2D eigenvalue weighted by atomic mass is 9.95. The Morgan fingerprint density at radius 2 is 2.07 bits per heavy atom. The number of nitrogens with zero attached hydrogens (tertiary/aromatic N) is 3. The number of hydrogen-bond acceptors (Lipinski definition) is 6. The first-order valence-electron chi connectivity index (χ1n) is 9.66. The van der Waals surface area contributed by atoms with Crippen LogP contribution in [0.15, 0.2) is 47.2 Å². The van der Waals surface area contributed by atoms with Crippen LogP contribution >= 0.6 is 22.7 Å². The molecule has 1 aliphatic heterocycles. The van der Waals surface area contributed by atoms with Gasteiger partial charge in [-0.1, -0.05) is 31.2 Å². The molecule has 0 atom stereocenters. The van der Waals surface area contributed by atoms with Crippen molar-refractivity contribution in [1.82, 2.24) is 14.9 Å². The molecule has 4 aromatic rings. The van der Waals surface area contributed by atoms with E-state index in [4.69, 9.17) is 4.98 Å². The Kier molecular flexibility index (Phi) is 4.87. The third kappa shape index (κ3) is 3.46. The van der Waals surface area contributed by atoms with E-state index in [1.54, 1.807) is 11.3 Å². The van der Waals surface area contributed by atoms with Gasteiger partial charge in [0.25, 0.3) is 5.91 Å². The van der Waals surface area contributed by atoms with Gasteiger partial charge in [0.2, 0.25) is 0 Å². The molecule has 7 heteroatoms. The van der Waals surface area contributed by atoms with Crippen molar-refractivity contribution in [3.63, 3.8) is 0 Å². The van der Waals surface area contributed by atoms with E-state index in [-0.39, 0.29) is 5.91 Å². The van der Waals surface area contributed by atoms with Crippen LogP contribution in [-0.2, 0) is 13.0 Å². The minimum atomic E-state index is -0.107. The van der Waals surface area contributed by atoms with Gasteiger partial charge in [-0.05, 0) is 24.1 Å². The first kappa shape index (κ1) is 18.4. The Morgan fingerprint density at radius 1 is 1.17 bits per heavy atom. The molecular weight excluding hydrogens is 400 g/mol. The number of amides is 1. The van der Waals surface area contributed by atoms with Gasteiger partial charge < -0.3 is 0 Å². The maximum absolute atomic E-state index is 13.4. The van der Waals surface area contributed by atoms with Gasteiger partial charge in [-0.15, -0.1) is 22.7 Å². The molecule has 5 nitrogen and oxygen atoms in total. The molecule has 1 amide bonds. The van der Waals surface area contributed by atoms with Gasteiger partial charge in [0, 0.05) is 41.5 Å². The summed E-state index contributed by atoms with van der Waals surface area (Å²) < 4.78 is 0. The van der Waals surface area contributed by atoms with Gasteiger partial charge in [0.05, 0.1) is 21.7 Å². The van der Waals surface area contributed by atoms with E-state index < -0.39 is 0 Å². The van der Waals surface area contributed by atoms with Crippen LogP contribution in [0.4, 0.5) is 5.13 Å². The average Bonchev–Trinajstić information content (AvgIpc) is 3.43. The Labute approximate surface area is 177 Å². The number of fused-ring (bicyclic) bond motifs is 2. The molecule has 0 radical (unpaired) electrons. The van der Waals surface area contributed by atoms with Crippen LogP contribution in [0.3, 0.4) is 0 Å². The van der Waals surface area contributed by atoms with Crippen molar-refractivity contribution in [3.8, 4) is 10.6 Å². The highest BCUT2D eigenvalue weighted by Crippen LogP contribution is 2.31. The summed E-state index contributed by atoms with van der Waals surface area (Å²) in [6, 6.07) is 12.0. The van der Waals surface area contributed by atoms with Crippen LogP contribution in [-0.4, -0.2) is 33.9 Å². The number of nitrogens with one attached hydrogen (secondary N) is 1. The molecule has 146 valence electrons. The molecule has 0 saturated carbocycles. The van der Waals surface area contributed by atoms with Crippen molar-refractivity contribution in [1.29, 1.82) is 0 Å². The summed E-state index contributed by atoms with van der Waals surface area (Å²) in [5, 5.41) is 8.58. The van der Waals surface area contributed by atoms with Crippen LogP contribution in [0.2, 0.25) is 0 Å². The quantitative estimate of drug-likeness (QED) is 0.502. The van der Waals surface area contributed by atoms with Crippen molar-refractivity contribution >= 4 is 44.6 Å². The summed E-state index contributed by atoms with van der Waals surface area (Å²) in [5.41, 5.74) is 4.59. The minimum Gasteiger partial charge on any atom is -0.299 e. The standard InChI is InChI=1S/C22H20N4OS2/c1-2-26-10-9-17-15(12-26)20(14-6-3-4-7-16(14)23-17)21(27)25-22-24-18(13-29-22)19-8-5-11-28-19/h3-8,11,13H,2,9-10,12H2,1H3,(H,24,25,27). The van der Waals surface area contributed by atoms with Gasteiger partial charge in [-0.25, -0.2) is 4.98 Å². The highest BCUT2D eigenvalue weighted by molar-refractivity contribution is 7.16. The second-order valence-electron chi connectivity index (χ2n) is 7.02. The number of likely N-dealkylation sites (N-methyl/N-ethyl adjacent to an activating group) is 1. The number of aromatic nitrogens is 2. The molecule has 1 N–H and O–H groups in total. The highest BCUT2D eigenvalue weighted by atomic mass is 32.1. The fraction of sp³-hybridized carbons (Fsp3) is 0.227. The molecular formula is C22H20N4OS2. The van der Waals surface area contributed by atoms with Crippen LogP contribution in [0.5, 0.6) is 0 Å². The molecule has 1 aliphatic rings. The molecule has 29 heavy (non-hydrogen) atoms. The number of hydrogen-bond donors (Lipinski definition) is 1.